The van der Waals surface area contributed by atoms with E-state index in [0.29, 0.717) is 6.04 Å². The first kappa shape index (κ1) is 17.2. The van der Waals surface area contributed by atoms with Crippen LogP contribution in [-0.4, -0.2) is 36.6 Å². The Morgan fingerprint density at radius 1 is 1.10 bits per heavy atom. The Bertz CT molecular complexity index is 399. The SMILES string of the molecule is CCN(CC)C(C)(C)C(Cc1c(C)cccc1C)NC. The predicted molar refractivity (Wildman–Crippen MR) is 89.5 cm³/mol. The number of likely N-dealkylation sites (N-methyl/N-ethyl adjacent to an activating group) is 2. The highest BCUT2D eigenvalue weighted by Gasteiger charge is 2.33. The summed E-state index contributed by atoms with van der Waals surface area (Å²) in [4.78, 5) is 2.54. The summed E-state index contributed by atoms with van der Waals surface area (Å²) in [6.45, 7) is 15.8. The average Bonchev–Trinajstić information content (AvgIpc) is 2.39. The molecule has 0 amide bonds. The van der Waals surface area contributed by atoms with Crippen LogP contribution in [0.2, 0.25) is 0 Å². The van der Waals surface area contributed by atoms with Crippen LogP contribution in [0.3, 0.4) is 0 Å². The van der Waals surface area contributed by atoms with Gasteiger partial charge in [0.25, 0.3) is 0 Å². The van der Waals surface area contributed by atoms with Crippen molar-refractivity contribution in [1.29, 1.82) is 0 Å². The van der Waals surface area contributed by atoms with Gasteiger partial charge in [-0.3, -0.25) is 4.90 Å². The fourth-order valence-electron chi connectivity index (χ4n) is 3.34. The summed E-state index contributed by atoms with van der Waals surface area (Å²) >= 11 is 0. The molecule has 2 nitrogen and oxygen atoms in total. The summed E-state index contributed by atoms with van der Waals surface area (Å²) in [6, 6.07) is 7.04. The Balaban J connectivity index is 3.02. The number of rotatable bonds is 7. The van der Waals surface area contributed by atoms with Crippen LogP contribution in [0.25, 0.3) is 0 Å². The van der Waals surface area contributed by atoms with Crippen LogP contribution in [-0.2, 0) is 6.42 Å². The number of benzene rings is 1. The summed E-state index contributed by atoms with van der Waals surface area (Å²) in [5.74, 6) is 0. The van der Waals surface area contributed by atoms with Crippen LogP contribution in [0.1, 0.15) is 44.4 Å². The monoisotopic (exact) mass is 276 g/mol. The Kier molecular flexibility index (Phi) is 6.22. The Labute approximate surface area is 125 Å². The maximum atomic E-state index is 3.55. The van der Waals surface area contributed by atoms with E-state index < -0.39 is 0 Å². The first-order valence-corrected chi connectivity index (χ1v) is 7.85. The molecule has 1 aromatic rings. The van der Waals surface area contributed by atoms with Gasteiger partial charge in [0, 0.05) is 11.6 Å². The van der Waals surface area contributed by atoms with Crippen molar-refractivity contribution in [3.63, 3.8) is 0 Å². The van der Waals surface area contributed by atoms with E-state index in [1.807, 2.05) is 0 Å². The van der Waals surface area contributed by atoms with Gasteiger partial charge in [-0.1, -0.05) is 32.0 Å². The summed E-state index contributed by atoms with van der Waals surface area (Å²) in [7, 11) is 2.09. The van der Waals surface area contributed by atoms with Gasteiger partial charge >= 0.3 is 0 Å². The highest BCUT2D eigenvalue weighted by atomic mass is 15.2. The van der Waals surface area contributed by atoms with Crippen molar-refractivity contribution in [3.05, 3.63) is 34.9 Å². The van der Waals surface area contributed by atoms with E-state index in [-0.39, 0.29) is 5.54 Å². The van der Waals surface area contributed by atoms with Gasteiger partial charge in [-0.15, -0.1) is 0 Å². The number of hydrogen-bond acceptors (Lipinski definition) is 2. The zero-order chi connectivity index (χ0) is 15.3. The lowest BCUT2D eigenvalue weighted by atomic mass is 9.85. The second kappa shape index (κ2) is 7.24. The van der Waals surface area contributed by atoms with E-state index in [4.69, 9.17) is 0 Å². The highest BCUT2D eigenvalue weighted by Crippen LogP contribution is 2.24. The van der Waals surface area contributed by atoms with Crippen molar-refractivity contribution < 1.29 is 0 Å². The fraction of sp³-hybridized carbons (Fsp3) is 0.667. The minimum Gasteiger partial charge on any atom is -0.315 e. The van der Waals surface area contributed by atoms with Crippen molar-refractivity contribution in [1.82, 2.24) is 10.2 Å². The van der Waals surface area contributed by atoms with Crippen LogP contribution in [0.15, 0.2) is 18.2 Å². The molecule has 0 aromatic heterocycles. The van der Waals surface area contributed by atoms with Crippen molar-refractivity contribution in [3.8, 4) is 0 Å². The number of hydrogen-bond donors (Lipinski definition) is 1. The number of aryl methyl sites for hydroxylation is 2. The lowest BCUT2D eigenvalue weighted by Gasteiger charge is -2.43. The highest BCUT2D eigenvalue weighted by molar-refractivity contribution is 5.34. The van der Waals surface area contributed by atoms with Crippen LogP contribution in [0.5, 0.6) is 0 Å². The Morgan fingerprint density at radius 2 is 1.60 bits per heavy atom. The van der Waals surface area contributed by atoms with E-state index >= 15 is 0 Å². The predicted octanol–water partition coefficient (Wildman–Crippen LogP) is 3.55. The quantitative estimate of drug-likeness (QED) is 0.819. The Morgan fingerprint density at radius 3 is 2.00 bits per heavy atom. The minimum absolute atomic E-state index is 0.146. The molecule has 0 aliphatic heterocycles. The van der Waals surface area contributed by atoms with E-state index in [1.54, 1.807) is 0 Å². The minimum atomic E-state index is 0.146. The maximum absolute atomic E-state index is 3.55. The van der Waals surface area contributed by atoms with Crippen molar-refractivity contribution in [2.24, 2.45) is 0 Å². The summed E-state index contributed by atoms with van der Waals surface area (Å²) in [5.41, 5.74) is 4.45. The second-order valence-corrected chi connectivity index (χ2v) is 6.24. The fourth-order valence-corrected chi connectivity index (χ4v) is 3.34. The van der Waals surface area contributed by atoms with Gasteiger partial charge in [0.15, 0.2) is 0 Å². The van der Waals surface area contributed by atoms with Gasteiger partial charge in [-0.25, -0.2) is 0 Å². The van der Waals surface area contributed by atoms with Crippen LogP contribution >= 0.6 is 0 Å². The third-order valence-corrected chi connectivity index (χ3v) is 4.83. The molecule has 20 heavy (non-hydrogen) atoms. The molecule has 2 heteroatoms. The van der Waals surface area contributed by atoms with Crippen LogP contribution in [0.4, 0.5) is 0 Å². The van der Waals surface area contributed by atoms with E-state index in [2.05, 4.69) is 77.0 Å². The molecule has 0 aliphatic rings. The van der Waals surface area contributed by atoms with Gasteiger partial charge in [0.1, 0.15) is 0 Å². The first-order chi connectivity index (χ1) is 9.38. The molecule has 1 unspecified atom stereocenters. The Hall–Kier alpha value is -0.860. The summed E-state index contributed by atoms with van der Waals surface area (Å²) in [5, 5.41) is 3.55. The molecule has 1 rings (SSSR count). The third kappa shape index (κ3) is 3.62. The van der Waals surface area contributed by atoms with Crippen molar-refractivity contribution in [2.75, 3.05) is 20.1 Å². The van der Waals surface area contributed by atoms with Gasteiger partial charge in [0.2, 0.25) is 0 Å². The number of nitrogens with zero attached hydrogens (tertiary/aromatic N) is 1. The standard InChI is InChI=1S/C18H32N2/c1-8-20(9-2)18(5,6)17(19-7)13-16-14(3)11-10-12-15(16)4/h10-12,17,19H,8-9,13H2,1-7H3. The largest absolute Gasteiger partial charge is 0.315 e. The van der Waals surface area contributed by atoms with Crippen LogP contribution in [0, 0.1) is 13.8 Å². The smallest absolute Gasteiger partial charge is 0.0309 e. The molecular weight excluding hydrogens is 244 g/mol. The van der Waals surface area contributed by atoms with E-state index in [9.17, 15) is 0 Å². The zero-order valence-corrected chi connectivity index (χ0v) is 14.4. The number of nitrogens with one attached hydrogen (secondary N) is 1. The van der Waals surface area contributed by atoms with Crippen LogP contribution < -0.4 is 5.32 Å². The third-order valence-electron chi connectivity index (χ3n) is 4.83. The summed E-state index contributed by atoms with van der Waals surface area (Å²) < 4.78 is 0. The van der Waals surface area contributed by atoms with Gasteiger partial charge in [0.05, 0.1) is 0 Å². The molecule has 1 atom stereocenters. The second-order valence-electron chi connectivity index (χ2n) is 6.24. The molecule has 1 aromatic carbocycles. The average molecular weight is 276 g/mol. The molecule has 0 heterocycles. The normalized spacial score (nSPS) is 13.8. The van der Waals surface area contributed by atoms with Crippen molar-refractivity contribution in [2.45, 2.75) is 59.5 Å². The molecule has 0 saturated heterocycles. The van der Waals surface area contributed by atoms with E-state index in [1.165, 1.54) is 16.7 Å². The molecule has 0 aliphatic carbocycles. The molecular formula is C18H32N2. The van der Waals surface area contributed by atoms with Gasteiger partial charge in [-0.2, -0.15) is 0 Å². The molecule has 0 spiro atoms. The zero-order valence-electron chi connectivity index (χ0n) is 14.4. The van der Waals surface area contributed by atoms with Gasteiger partial charge in [-0.05, 0) is 70.9 Å². The first-order valence-electron chi connectivity index (χ1n) is 7.85. The molecule has 0 saturated carbocycles. The molecule has 114 valence electrons. The molecule has 0 fully saturated rings. The topological polar surface area (TPSA) is 15.3 Å². The maximum Gasteiger partial charge on any atom is 0.0309 e. The lowest BCUT2D eigenvalue weighted by molar-refractivity contribution is 0.0942. The molecule has 1 N–H and O–H groups in total. The lowest BCUT2D eigenvalue weighted by Crippen LogP contribution is -2.57. The van der Waals surface area contributed by atoms with Gasteiger partial charge < -0.3 is 5.32 Å². The summed E-state index contributed by atoms with van der Waals surface area (Å²) in [6.07, 6.45) is 1.08. The van der Waals surface area contributed by atoms with Crippen molar-refractivity contribution >= 4 is 0 Å². The molecule has 0 radical (unpaired) electrons. The van der Waals surface area contributed by atoms with E-state index in [0.717, 1.165) is 19.5 Å². The molecule has 0 bridgehead atoms.